The molecule has 0 heterocycles. The third-order valence-corrected chi connectivity index (χ3v) is 2.12. The van der Waals surface area contributed by atoms with Gasteiger partial charge >= 0.3 is 5.97 Å². The summed E-state index contributed by atoms with van der Waals surface area (Å²) in [5.74, 6) is -0.361. The molecule has 0 spiro atoms. The van der Waals surface area contributed by atoms with Crippen molar-refractivity contribution < 1.29 is 9.53 Å². The van der Waals surface area contributed by atoms with Crippen molar-refractivity contribution >= 4 is 12.0 Å². The average molecular weight is 228 g/mol. The van der Waals surface area contributed by atoms with Crippen LogP contribution in [0.3, 0.4) is 0 Å². The molecule has 2 nitrogen and oxygen atoms in total. The quantitative estimate of drug-likeness (QED) is 0.424. The van der Waals surface area contributed by atoms with Crippen LogP contribution in [0.25, 0.3) is 6.08 Å². The van der Waals surface area contributed by atoms with Gasteiger partial charge in [-0.2, -0.15) is 0 Å². The molecule has 1 aromatic carbocycles. The molecule has 0 bridgehead atoms. The first kappa shape index (κ1) is 13.0. The maximum absolute atomic E-state index is 11.2. The van der Waals surface area contributed by atoms with Crippen molar-refractivity contribution in [2.75, 3.05) is 6.61 Å². The zero-order valence-corrected chi connectivity index (χ0v) is 9.76. The number of esters is 1. The van der Waals surface area contributed by atoms with Crippen LogP contribution in [0.1, 0.15) is 11.1 Å². The molecule has 0 amide bonds. The van der Waals surface area contributed by atoms with E-state index >= 15 is 0 Å². The second kappa shape index (κ2) is 7.23. The van der Waals surface area contributed by atoms with Crippen molar-refractivity contribution in [3.63, 3.8) is 0 Å². The third-order valence-electron chi connectivity index (χ3n) is 2.12. The van der Waals surface area contributed by atoms with Crippen LogP contribution in [0, 0.1) is 0 Å². The van der Waals surface area contributed by atoms with Crippen LogP contribution in [-0.2, 0) is 16.0 Å². The summed E-state index contributed by atoms with van der Waals surface area (Å²) in [6.45, 7) is 7.39. The van der Waals surface area contributed by atoms with E-state index in [0.29, 0.717) is 0 Å². The largest absolute Gasteiger partial charge is 0.458 e. The molecular formula is C15H16O2. The lowest BCUT2D eigenvalue weighted by Crippen LogP contribution is -1.99. The Bertz CT molecular complexity index is 413. The minimum atomic E-state index is -0.361. The third kappa shape index (κ3) is 4.98. The molecule has 0 unspecified atom stereocenters. The molecule has 0 radical (unpaired) electrons. The normalized spacial score (nSPS) is 10.1. The lowest BCUT2D eigenvalue weighted by atomic mass is 10.1. The van der Waals surface area contributed by atoms with Crippen molar-refractivity contribution in [1.29, 1.82) is 0 Å². The maximum atomic E-state index is 11.2. The van der Waals surface area contributed by atoms with Gasteiger partial charge in [0.1, 0.15) is 6.61 Å². The van der Waals surface area contributed by atoms with Crippen LogP contribution in [0.5, 0.6) is 0 Å². The molecular weight excluding hydrogens is 212 g/mol. The highest BCUT2D eigenvalue weighted by atomic mass is 16.5. The lowest BCUT2D eigenvalue weighted by molar-refractivity contribution is -0.136. The van der Waals surface area contributed by atoms with Gasteiger partial charge in [-0.1, -0.05) is 43.0 Å². The predicted octanol–water partition coefficient (Wildman–Crippen LogP) is 3.16. The minimum Gasteiger partial charge on any atom is -0.458 e. The van der Waals surface area contributed by atoms with E-state index in [-0.39, 0.29) is 12.6 Å². The molecule has 0 saturated heterocycles. The summed E-state index contributed by atoms with van der Waals surface area (Å²) in [5.41, 5.74) is 2.17. The summed E-state index contributed by atoms with van der Waals surface area (Å²) < 4.78 is 4.82. The molecule has 0 aliphatic heterocycles. The number of ether oxygens (including phenoxy) is 1. The minimum absolute atomic E-state index is 0.238. The van der Waals surface area contributed by atoms with Gasteiger partial charge in [0, 0.05) is 6.08 Å². The first-order valence-corrected chi connectivity index (χ1v) is 5.42. The van der Waals surface area contributed by atoms with E-state index < -0.39 is 0 Å². The Hall–Kier alpha value is -2.09. The summed E-state index contributed by atoms with van der Waals surface area (Å²) in [6.07, 6.45) is 7.38. The summed E-state index contributed by atoms with van der Waals surface area (Å²) in [4.78, 5) is 11.2. The SMILES string of the molecule is C=CCOC(=O)C=Cc1ccc(CC=C)cc1. The Labute approximate surface area is 102 Å². The van der Waals surface area contributed by atoms with Gasteiger partial charge < -0.3 is 4.74 Å². The molecule has 0 aliphatic rings. The van der Waals surface area contributed by atoms with E-state index in [2.05, 4.69) is 13.2 Å². The maximum Gasteiger partial charge on any atom is 0.331 e. The van der Waals surface area contributed by atoms with Gasteiger partial charge in [0.25, 0.3) is 0 Å². The second-order valence-corrected chi connectivity index (χ2v) is 3.49. The molecule has 0 aromatic heterocycles. The average Bonchev–Trinajstić information content (AvgIpc) is 2.36. The highest BCUT2D eigenvalue weighted by Gasteiger charge is 1.94. The summed E-state index contributed by atoms with van der Waals surface area (Å²) in [5, 5.41) is 0. The highest BCUT2D eigenvalue weighted by molar-refractivity contribution is 5.87. The predicted molar refractivity (Wildman–Crippen MR) is 70.5 cm³/mol. The number of allylic oxidation sites excluding steroid dienone is 1. The molecule has 0 saturated carbocycles. The van der Waals surface area contributed by atoms with Gasteiger partial charge in [-0.15, -0.1) is 6.58 Å². The Kier molecular flexibility index (Phi) is 5.52. The van der Waals surface area contributed by atoms with Crippen molar-refractivity contribution in [3.05, 3.63) is 66.8 Å². The topological polar surface area (TPSA) is 26.3 Å². The van der Waals surface area contributed by atoms with Crippen LogP contribution in [0.15, 0.2) is 55.7 Å². The standard InChI is InChI=1S/C15H16O2/c1-3-5-13-6-8-14(9-7-13)10-11-15(16)17-12-4-2/h3-4,6-11H,1-2,5,12H2. The Balaban J connectivity index is 2.56. The summed E-state index contributed by atoms with van der Waals surface area (Å²) in [7, 11) is 0. The molecule has 0 fully saturated rings. The molecule has 1 rings (SSSR count). The van der Waals surface area contributed by atoms with Crippen molar-refractivity contribution in [2.24, 2.45) is 0 Å². The number of benzene rings is 1. The van der Waals surface area contributed by atoms with Crippen molar-refractivity contribution in [2.45, 2.75) is 6.42 Å². The fraction of sp³-hybridized carbons (Fsp3) is 0.133. The monoisotopic (exact) mass is 228 g/mol. The summed E-state index contributed by atoms with van der Waals surface area (Å²) >= 11 is 0. The highest BCUT2D eigenvalue weighted by Crippen LogP contribution is 2.07. The van der Waals surface area contributed by atoms with Crippen molar-refractivity contribution in [1.82, 2.24) is 0 Å². The number of hydrogen-bond acceptors (Lipinski definition) is 2. The van der Waals surface area contributed by atoms with Crippen molar-refractivity contribution in [3.8, 4) is 0 Å². The molecule has 0 aliphatic carbocycles. The molecule has 2 heteroatoms. The van der Waals surface area contributed by atoms with E-state index in [0.717, 1.165) is 12.0 Å². The zero-order valence-electron chi connectivity index (χ0n) is 9.76. The van der Waals surface area contributed by atoms with E-state index in [1.54, 1.807) is 6.08 Å². The van der Waals surface area contributed by atoms with Crippen LogP contribution in [0.4, 0.5) is 0 Å². The van der Waals surface area contributed by atoms with E-state index in [9.17, 15) is 4.79 Å². The lowest BCUT2D eigenvalue weighted by Gasteiger charge is -1.98. The molecule has 88 valence electrons. The number of hydrogen-bond donors (Lipinski definition) is 0. The summed E-state index contributed by atoms with van der Waals surface area (Å²) in [6, 6.07) is 7.93. The van der Waals surface area contributed by atoms with Gasteiger partial charge in [-0.3, -0.25) is 0 Å². The van der Waals surface area contributed by atoms with Crippen LogP contribution in [-0.4, -0.2) is 12.6 Å². The smallest absolute Gasteiger partial charge is 0.331 e. The number of carbonyl (C=O) groups excluding carboxylic acids is 1. The second-order valence-electron chi connectivity index (χ2n) is 3.49. The van der Waals surface area contributed by atoms with Gasteiger partial charge in [-0.05, 0) is 23.6 Å². The Morgan fingerprint density at radius 3 is 2.47 bits per heavy atom. The Morgan fingerprint density at radius 1 is 1.18 bits per heavy atom. The van der Waals surface area contributed by atoms with E-state index in [4.69, 9.17) is 4.74 Å². The number of carbonyl (C=O) groups is 1. The Morgan fingerprint density at radius 2 is 1.88 bits per heavy atom. The van der Waals surface area contributed by atoms with Crippen LogP contribution < -0.4 is 0 Å². The molecule has 1 aromatic rings. The van der Waals surface area contributed by atoms with Crippen LogP contribution >= 0.6 is 0 Å². The first-order chi connectivity index (χ1) is 8.26. The van der Waals surface area contributed by atoms with E-state index in [1.165, 1.54) is 17.7 Å². The van der Waals surface area contributed by atoms with E-state index in [1.807, 2.05) is 30.3 Å². The molecule has 17 heavy (non-hydrogen) atoms. The fourth-order valence-corrected chi connectivity index (χ4v) is 1.28. The first-order valence-electron chi connectivity index (χ1n) is 5.42. The van der Waals surface area contributed by atoms with Gasteiger partial charge in [0.2, 0.25) is 0 Å². The van der Waals surface area contributed by atoms with Crippen LogP contribution in [0.2, 0.25) is 0 Å². The van der Waals surface area contributed by atoms with Gasteiger partial charge in [0.05, 0.1) is 0 Å². The van der Waals surface area contributed by atoms with Gasteiger partial charge in [-0.25, -0.2) is 4.79 Å². The fourth-order valence-electron chi connectivity index (χ4n) is 1.28. The zero-order chi connectivity index (χ0) is 12.5. The van der Waals surface area contributed by atoms with Gasteiger partial charge in [0.15, 0.2) is 0 Å². The molecule has 0 N–H and O–H groups in total. The molecule has 0 atom stereocenters. The number of rotatable bonds is 6.